The molecule has 2 aliphatic rings. The zero-order chi connectivity index (χ0) is 31.3. The molecule has 0 radical (unpaired) electrons. The van der Waals surface area contributed by atoms with Crippen LogP contribution in [0.5, 0.6) is 57.5 Å². The molecule has 2 atom stereocenters. The lowest BCUT2D eigenvalue weighted by molar-refractivity contribution is -0.316. The molecule has 2 aliphatic heterocycles. The summed E-state index contributed by atoms with van der Waals surface area (Å²) >= 11 is 0. The SMILES string of the molecule is O=C1c2c(O)cc(O)cc2OC2(c3ccc(O)c(O)c3)Oc3ccc(-c4oc5cc(O)cc(O)c5c(=O)c4O)cc3OC12O. The third-order valence-electron chi connectivity index (χ3n) is 7.31. The number of aromatic hydroxyl groups is 7. The van der Waals surface area contributed by atoms with Crippen molar-refractivity contribution < 1.29 is 64.3 Å². The van der Waals surface area contributed by atoms with Gasteiger partial charge in [-0.3, -0.25) is 9.59 Å². The van der Waals surface area contributed by atoms with Crippen LogP contribution in [-0.2, 0) is 5.79 Å². The number of Topliss-reactive ketones (excluding diaryl/α,β-unsaturated/α-hetero) is 1. The van der Waals surface area contributed by atoms with E-state index in [4.69, 9.17) is 18.6 Å². The molecule has 14 nitrogen and oxygen atoms in total. The Morgan fingerprint density at radius 1 is 0.614 bits per heavy atom. The molecule has 7 rings (SSSR count). The summed E-state index contributed by atoms with van der Waals surface area (Å²) < 4.78 is 23.4. The number of phenols is 6. The van der Waals surface area contributed by atoms with Crippen molar-refractivity contribution in [3.05, 3.63) is 82.0 Å². The van der Waals surface area contributed by atoms with Crippen molar-refractivity contribution in [2.45, 2.75) is 11.6 Å². The summed E-state index contributed by atoms with van der Waals surface area (Å²) in [5.41, 5.74) is -2.15. The fraction of sp³-hybridized carbons (Fsp3) is 0.0667. The Morgan fingerprint density at radius 2 is 1.32 bits per heavy atom. The van der Waals surface area contributed by atoms with Crippen molar-refractivity contribution in [1.29, 1.82) is 0 Å². The Labute approximate surface area is 243 Å². The summed E-state index contributed by atoms with van der Waals surface area (Å²) in [5, 5.41) is 82.8. The van der Waals surface area contributed by atoms with Gasteiger partial charge in [0.1, 0.15) is 45.3 Å². The fourth-order valence-electron chi connectivity index (χ4n) is 5.28. The Kier molecular flexibility index (Phi) is 5.21. The summed E-state index contributed by atoms with van der Waals surface area (Å²) in [4.78, 5) is 26.7. The molecule has 0 spiro atoms. The fourth-order valence-corrected chi connectivity index (χ4v) is 5.28. The van der Waals surface area contributed by atoms with Crippen LogP contribution in [-0.4, -0.2) is 52.4 Å². The molecule has 14 heteroatoms. The minimum Gasteiger partial charge on any atom is -0.508 e. The van der Waals surface area contributed by atoms with Crippen LogP contribution in [0.1, 0.15) is 15.9 Å². The van der Waals surface area contributed by atoms with Crippen LogP contribution in [0, 0.1) is 0 Å². The molecule has 222 valence electrons. The number of ether oxygens (including phenoxy) is 3. The van der Waals surface area contributed by atoms with E-state index in [2.05, 4.69) is 0 Å². The maximum Gasteiger partial charge on any atom is 0.357 e. The largest absolute Gasteiger partial charge is 0.508 e. The molecule has 0 aliphatic carbocycles. The molecule has 5 aromatic rings. The number of phenolic OH excluding ortho intramolecular Hbond substituents is 6. The second-order valence-electron chi connectivity index (χ2n) is 10.0. The normalized spacial score (nSPS) is 20.1. The smallest absolute Gasteiger partial charge is 0.357 e. The minimum absolute atomic E-state index is 0.0394. The first-order valence-corrected chi connectivity index (χ1v) is 12.6. The van der Waals surface area contributed by atoms with Gasteiger partial charge in [0.05, 0.1) is 0 Å². The molecule has 8 N–H and O–H groups in total. The van der Waals surface area contributed by atoms with Gasteiger partial charge in [0.25, 0.3) is 5.78 Å². The number of ketones is 1. The zero-order valence-electron chi connectivity index (χ0n) is 21.8. The number of aliphatic hydroxyl groups is 1. The summed E-state index contributed by atoms with van der Waals surface area (Å²) in [6.07, 6.45) is 0. The monoisotopic (exact) mass is 602 g/mol. The standard InChI is InChI=1S/C30H18O14/c31-13-7-17(35)23-21(9-13)41-27(26(38)25(23)37)11-1-4-19-20(5-11)42-29(40)28(39)24-18(36)8-14(32)10-22(24)44-30(29,43-19)12-2-3-15(33)16(34)6-12/h1-10,31-36,38,40H. The average molecular weight is 602 g/mol. The van der Waals surface area contributed by atoms with E-state index in [-0.39, 0.29) is 28.2 Å². The van der Waals surface area contributed by atoms with Crippen molar-refractivity contribution in [1.82, 2.24) is 0 Å². The van der Waals surface area contributed by atoms with E-state index in [0.717, 1.165) is 48.5 Å². The van der Waals surface area contributed by atoms with Crippen molar-refractivity contribution in [2.24, 2.45) is 0 Å². The first-order valence-electron chi connectivity index (χ1n) is 12.6. The lowest BCUT2D eigenvalue weighted by Crippen LogP contribution is -2.70. The van der Waals surface area contributed by atoms with E-state index in [1.54, 1.807) is 0 Å². The van der Waals surface area contributed by atoms with Crippen molar-refractivity contribution in [3.8, 4) is 68.8 Å². The number of hydrogen-bond donors (Lipinski definition) is 8. The molecule has 0 amide bonds. The molecule has 44 heavy (non-hydrogen) atoms. The van der Waals surface area contributed by atoms with Gasteiger partial charge in [0.2, 0.25) is 11.2 Å². The van der Waals surface area contributed by atoms with Crippen LogP contribution in [0.25, 0.3) is 22.3 Å². The second kappa shape index (κ2) is 8.62. The molecular formula is C30H18O14. The summed E-state index contributed by atoms with van der Waals surface area (Å²) in [7, 11) is 0. The molecule has 2 unspecified atom stereocenters. The molecule has 3 heterocycles. The first-order chi connectivity index (χ1) is 20.8. The number of fused-ring (bicyclic) bond motifs is 4. The topological polar surface area (TPSA) is 237 Å². The first kappa shape index (κ1) is 26.6. The van der Waals surface area contributed by atoms with Crippen LogP contribution in [0.3, 0.4) is 0 Å². The van der Waals surface area contributed by atoms with E-state index >= 15 is 0 Å². The van der Waals surface area contributed by atoms with Gasteiger partial charge in [-0.15, -0.1) is 0 Å². The van der Waals surface area contributed by atoms with Crippen molar-refractivity contribution in [2.75, 3.05) is 0 Å². The molecule has 0 bridgehead atoms. The molecule has 0 fully saturated rings. The molecule has 0 saturated carbocycles. The summed E-state index contributed by atoms with van der Waals surface area (Å²) in [5.74, 6) is -12.9. The van der Waals surface area contributed by atoms with Gasteiger partial charge in [-0.05, 0) is 36.4 Å². The quantitative estimate of drug-likeness (QED) is 0.136. The Bertz CT molecular complexity index is 2150. The van der Waals surface area contributed by atoms with Crippen LogP contribution < -0.4 is 19.6 Å². The highest BCUT2D eigenvalue weighted by Gasteiger charge is 2.70. The van der Waals surface area contributed by atoms with E-state index < -0.39 is 85.5 Å². The van der Waals surface area contributed by atoms with E-state index in [9.17, 15) is 50.4 Å². The number of rotatable bonds is 2. The van der Waals surface area contributed by atoms with Crippen molar-refractivity contribution in [3.63, 3.8) is 0 Å². The van der Waals surface area contributed by atoms with Gasteiger partial charge < -0.3 is 59.5 Å². The van der Waals surface area contributed by atoms with Crippen LogP contribution in [0.15, 0.2) is 69.9 Å². The minimum atomic E-state index is -3.15. The Morgan fingerprint density at radius 3 is 2.07 bits per heavy atom. The predicted molar refractivity (Wildman–Crippen MR) is 145 cm³/mol. The van der Waals surface area contributed by atoms with Gasteiger partial charge in [0, 0.05) is 35.4 Å². The van der Waals surface area contributed by atoms with E-state index in [0.29, 0.717) is 0 Å². The Balaban J connectivity index is 1.43. The number of carbonyl (C=O) groups excluding carboxylic acids is 1. The summed E-state index contributed by atoms with van der Waals surface area (Å²) in [6.45, 7) is 0. The lowest BCUT2D eigenvalue weighted by Gasteiger charge is -2.50. The molecule has 0 saturated heterocycles. The van der Waals surface area contributed by atoms with E-state index in [1.165, 1.54) is 12.1 Å². The molecule has 1 aromatic heterocycles. The number of carbonyl (C=O) groups is 1. The van der Waals surface area contributed by atoms with Crippen LogP contribution in [0.2, 0.25) is 0 Å². The van der Waals surface area contributed by atoms with Crippen molar-refractivity contribution >= 4 is 16.8 Å². The van der Waals surface area contributed by atoms with Gasteiger partial charge in [-0.1, -0.05) is 0 Å². The highest BCUT2D eigenvalue weighted by Crippen LogP contribution is 2.56. The number of benzene rings is 4. The maximum atomic E-state index is 13.9. The molecule has 4 aromatic carbocycles. The lowest BCUT2D eigenvalue weighted by atomic mass is 9.85. The van der Waals surface area contributed by atoms with Crippen LogP contribution >= 0.6 is 0 Å². The second-order valence-corrected chi connectivity index (χ2v) is 10.0. The summed E-state index contributed by atoms with van der Waals surface area (Å²) in [6, 6.07) is 10.6. The van der Waals surface area contributed by atoms with Crippen LogP contribution in [0.4, 0.5) is 0 Å². The maximum absolute atomic E-state index is 13.9. The number of hydrogen-bond acceptors (Lipinski definition) is 14. The van der Waals surface area contributed by atoms with Gasteiger partial charge >= 0.3 is 11.6 Å². The van der Waals surface area contributed by atoms with E-state index in [1.807, 2.05) is 0 Å². The average Bonchev–Trinajstić information content (AvgIpc) is 2.95. The highest BCUT2D eigenvalue weighted by molar-refractivity contribution is 6.08. The van der Waals surface area contributed by atoms with Gasteiger partial charge in [0.15, 0.2) is 28.8 Å². The zero-order valence-corrected chi connectivity index (χ0v) is 21.8. The third-order valence-corrected chi connectivity index (χ3v) is 7.31. The third kappa shape index (κ3) is 3.45. The molecular weight excluding hydrogens is 584 g/mol. The Hall–Kier alpha value is -6.28. The van der Waals surface area contributed by atoms with Gasteiger partial charge in [-0.25, -0.2) is 0 Å². The van der Waals surface area contributed by atoms with Gasteiger partial charge in [-0.2, -0.15) is 0 Å². The predicted octanol–water partition coefficient (Wildman–Crippen LogP) is 2.99. The highest BCUT2D eigenvalue weighted by atomic mass is 16.8.